The summed E-state index contributed by atoms with van der Waals surface area (Å²) >= 11 is 6.07. The number of rotatable bonds is 6. The zero-order chi connectivity index (χ0) is 22.5. The third-order valence-corrected chi connectivity index (χ3v) is 7.24. The van der Waals surface area contributed by atoms with Crippen molar-refractivity contribution in [3.8, 4) is 0 Å². The van der Waals surface area contributed by atoms with E-state index >= 15 is 0 Å². The van der Waals surface area contributed by atoms with Crippen LogP contribution in [0, 0.1) is 19.8 Å². The number of hydrogen-bond donors (Lipinski definition) is 0. The van der Waals surface area contributed by atoms with Gasteiger partial charge in [-0.2, -0.15) is 0 Å². The highest BCUT2D eigenvalue weighted by Crippen LogP contribution is 2.29. The predicted molar refractivity (Wildman–Crippen MR) is 130 cm³/mol. The van der Waals surface area contributed by atoms with Gasteiger partial charge < -0.3 is 9.80 Å². The summed E-state index contributed by atoms with van der Waals surface area (Å²) in [6.45, 7) is 7.37. The van der Waals surface area contributed by atoms with Crippen LogP contribution in [-0.4, -0.2) is 47.0 Å². The Balaban J connectivity index is 1.44. The normalized spacial score (nSPS) is 17.6. The fourth-order valence-electron chi connectivity index (χ4n) is 5.16. The van der Waals surface area contributed by atoms with Crippen molar-refractivity contribution >= 4 is 23.3 Å². The second kappa shape index (κ2) is 10.7. The van der Waals surface area contributed by atoms with Crippen LogP contribution in [0.3, 0.4) is 0 Å². The van der Waals surface area contributed by atoms with E-state index < -0.39 is 0 Å². The summed E-state index contributed by atoms with van der Waals surface area (Å²) in [5, 5.41) is 0.746. The molecule has 1 aromatic heterocycles. The monoisotopic (exact) mass is 454 g/mol. The van der Waals surface area contributed by atoms with Gasteiger partial charge in [-0.05, 0) is 50.3 Å². The third kappa shape index (κ3) is 5.80. The van der Waals surface area contributed by atoms with Gasteiger partial charge in [0.1, 0.15) is 11.6 Å². The average Bonchev–Trinajstić information content (AvgIpc) is 3.18. The van der Waals surface area contributed by atoms with Crippen molar-refractivity contribution in [2.45, 2.75) is 65.2 Å². The standard InChI is InChI=1S/C26H35ClN4O/c1-19-24(18-22-8-11-23(27)12-9-22)26(29-20(2)28-19)31-15-5-14-30(16-17-31)25(32)13-10-21-6-3-4-7-21/h8-9,11-12,21H,3-7,10,13-18H2,1-2H3. The number of benzene rings is 1. The fourth-order valence-corrected chi connectivity index (χ4v) is 5.28. The predicted octanol–water partition coefficient (Wildman–Crippen LogP) is 5.35. The van der Waals surface area contributed by atoms with Gasteiger partial charge in [0.25, 0.3) is 0 Å². The highest BCUT2D eigenvalue weighted by atomic mass is 35.5. The molecule has 2 aliphatic rings. The molecule has 1 aliphatic heterocycles. The average molecular weight is 455 g/mol. The van der Waals surface area contributed by atoms with Crippen molar-refractivity contribution in [2.75, 3.05) is 31.1 Å². The van der Waals surface area contributed by atoms with Gasteiger partial charge in [-0.3, -0.25) is 4.79 Å². The molecule has 2 fully saturated rings. The van der Waals surface area contributed by atoms with Gasteiger partial charge in [0.05, 0.1) is 0 Å². The summed E-state index contributed by atoms with van der Waals surface area (Å²) in [4.78, 5) is 26.8. The highest BCUT2D eigenvalue weighted by Gasteiger charge is 2.24. The molecule has 0 unspecified atom stereocenters. The SMILES string of the molecule is Cc1nc(C)c(Cc2ccc(Cl)cc2)c(N2CCCN(C(=O)CCC3CCCC3)CC2)n1. The van der Waals surface area contributed by atoms with E-state index in [4.69, 9.17) is 16.6 Å². The quantitative estimate of drug-likeness (QED) is 0.590. The van der Waals surface area contributed by atoms with E-state index in [2.05, 4.69) is 33.8 Å². The van der Waals surface area contributed by atoms with Crippen LogP contribution in [0.2, 0.25) is 5.02 Å². The molecule has 0 spiro atoms. The van der Waals surface area contributed by atoms with E-state index in [-0.39, 0.29) is 0 Å². The van der Waals surface area contributed by atoms with Gasteiger partial charge in [-0.1, -0.05) is 49.4 Å². The van der Waals surface area contributed by atoms with Crippen LogP contribution in [0.25, 0.3) is 0 Å². The molecule has 1 aliphatic carbocycles. The summed E-state index contributed by atoms with van der Waals surface area (Å²) in [6, 6.07) is 8.00. The number of aryl methyl sites for hydroxylation is 2. The van der Waals surface area contributed by atoms with E-state index in [1.807, 2.05) is 19.1 Å². The van der Waals surface area contributed by atoms with E-state index in [0.29, 0.717) is 12.3 Å². The van der Waals surface area contributed by atoms with Crippen molar-refractivity contribution in [1.82, 2.24) is 14.9 Å². The molecule has 6 heteroatoms. The first-order valence-electron chi connectivity index (χ1n) is 12.1. The Morgan fingerprint density at radius 2 is 1.75 bits per heavy atom. The Morgan fingerprint density at radius 3 is 2.50 bits per heavy atom. The lowest BCUT2D eigenvalue weighted by Gasteiger charge is -2.26. The fraction of sp³-hybridized carbons (Fsp3) is 0.577. The molecule has 1 saturated heterocycles. The maximum atomic E-state index is 12.9. The van der Waals surface area contributed by atoms with Crippen molar-refractivity contribution in [2.24, 2.45) is 5.92 Å². The number of aromatic nitrogens is 2. The van der Waals surface area contributed by atoms with Crippen LogP contribution >= 0.6 is 11.6 Å². The van der Waals surface area contributed by atoms with E-state index in [1.165, 1.54) is 36.8 Å². The summed E-state index contributed by atoms with van der Waals surface area (Å²) in [5.41, 5.74) is 3.39. The van der Waals surface area contributed by atoms with Crippen LogP contribution < -0.4 is 4.90 Å². The minimum absolute atomic E-state index is 0.329. The number of halogens is 1. The Bertz CT molecular complexity index is 924. The molecule has 0 bridgehead atoms. The first kappa shape index (κ1) is 23.0. The first-order valence-corrected chi connectivity index (χ1v) is 12.5. The van der Waals surface area contributed by atoms with Gasteiger partial charge in [-0.15, -0.1) is 0 Å². The molecule has 5 nitrogen and oxygen atoms in total. The zero-order valence-corrected chi connectivity index (χ0v) is 20.2. The van der Waals surface area contributed by atoms with E-state index in [0.717, 1.165) is 73.7 Å². The molecule has 32 heavy (non-hydrogen) atoms. The Labute approximate surface area is 197 Å². The van der Waals surface area contributed by atoms with Crippen LogP contribution in [0.1, 0.15) is 67.6 Å². The van der Waals surface area contributed by atoms with Crippen molar-refractivity contribution < 1.29 is 4.79 Å². The Kier molecular flexibility index (Phi) is 7.67. The molecular weight excluding hydrogens is 420 g/mol. The molecule has 172 valence electrons. The van der Waals surface area contributed by atoms with Crippen molar-refractivity contribution in [3.63, 3.8) is 0 Å². The largest absolute Gasteiger partial charge is 0.354 e. The second-order valence-corrected chi connectivity index (χ2v) is 9.81. The first-order chi connectivity index (χ1) is 15.5. The van der Waals surface area contributed by atoms with Crippen LogP contribution in [0.5, 0.6) is 0 Å². The molecule has 0 N–H and O–H groups in total. The van der Waals surface area contributed by atoms with Crippen LogP contribution in [0.15, 0.2) is 24.3 Å². The molecule has 2 aromatic rings. The lowest BCUT2D eigenvalue weighted by atomic mass is 10.0. The summed E-state index contributed by atoms with van der Waals surface area (Å²) < 4.78 is 0. The Hall–Kier alpha value is -2.14. The molecule has 1 saturated carbocycles. The number of anilines is 1. The van der Waals surface area contributed by atoms with E-state index in [9.17, 15) is 4.79 Å². The maximum absolute atomic E-state index is 12.9. The van der Waals surface area contributed by atoms with Gasteiger partial charge >= 0.3 is 0 Å². The molecular formula is C26H35ClN4O. The molecule has 1 amide bonds. The summed E-state index contributed by atoms with van der Waals surface area (Å²) in [6.07, 6.45) is 8.82. The van der Waals surface area contributed by atoms with E-state index in [1.54, 1.807) is 0 Å². The number of carbonyl (C=O) groups is 1. The van der Waals surface area contributed by atoms with Crippen LogP contribution in [-0.2, 0) is 11.2 Å². The van der Waals surface area contributed by atoms with Crippen LogP contribution in [0.4, 0.5) is 5.82 Å². The number of amides is 1. The van der Waals surface area contributed by atoms with Gasteiger partial charge in [0.15, 0.2) is 0 Å². The lowest BCUT2D eigenvalue weighted by molar-refractivity contribution is -0.131. The lowest BCUT2D eigenvalue weighted by Crippen LogP contribution is -2.35. The molecule has 2 heterocycles. The minimum Gasteiger partial charge on any atom is -0.354 e. The van der Waals surface area contributed by atoms with Crippen molar-refractivity contribution in [3.05, 3.63) is 51.9 Å². The smallest absolute Gasteiger partial charge is 0.222 e. The molecule has 0 radical (unpaired) electrons. The topological polar surface area (TPSA) is 49.3 Å². The molecule has 4 rings (SSSR count). The Morgan fingerprint density at radius 1 is 1.00 bits per heavy atom. The van der Waals surface area contributed by atoms with Gasteiger partial charge in [-0.25, -0.2) is 9.97 Å². The van der Waals surface area contributed by atoms with Crippen molar-refractivity contribution in [1.29, 1.82) is 0 Å². The molecule has 0 atom stereocenters. The second-order valence-electron chi connectivity index (χ2n) is 9.37. The third-order valence-electron chi connectivity index (χ3n) is 6.99. The number of hydrogen-bond acceptors (Lipinski definition) is 4. The zero-order valence-electron chi connectivity index (χ0n) is 19.4. The number of nitrogens with zero attached hydrogens (tertiary/aromatic N) is 4. The minimum atomic E-state index is 0.329. The number of carbonyl (C=O) groups excluding carboxylic acids is 1. The highest BCUT2D eigenvalue weighted by molar-refractivity contribution is 6.30. The van der Waals surface area contributed by atoms with Gasteiger partial charge in [0.2, 0.25) is 5.91 Å². The summed E-state index contributed by atoms with van der Waals surface area (Å²) in [5.74, 6) is 2.91. The van der Waals surface area contributed by atoms with Gasteiger partial charge in [0, 0.05) is 55.3 Å². The maximum Gasteiger partial charge on any atom is 0.222 e. The summed E-state index contributed by atoms with van der Waals surface area (Å²) in [7, 11) is 0. The molecule has 1 aromatic carbocycles.